The van der Waals surface area contributed by atoms with Crippen molar-refractivity contribution in [1.82, 2.24) is 15.4 Å². The first-order valence-corrected chi connectivity index (χ1v) is 10.5. The molecule has 0 spiro atoms. The number of rotatable bonds is 6. The minimum absolute atomic E-state index is 0.0229. The lowest BCUT2D eigenvalue weighted by Crippen LogP contribution is -2.45. The minimum atomic E-state index is -0.664. The topological polar surface area (TPSA) is 119 Å². The summed E-state index contributed by atoms with van der Waals surface area (Å²) in [7, 11) is 0. The molecule has 1 aliphatic heterocycles. The van der Waals surface area contributed by atoms with E-state index in [0.29, 0.717) is 21.9 Å². The highest BCUT2D eigenvalue weighted by atomic mass is 32.2. The van der Waals surface area contributed by atoms with E-state index >= 15 is 0 Å². The van der Waals surface area contributed by atoms with E-state index in [1.165, 1.54) is 17.8 Å². The van der Waals surface area contributed by atoms with Crippen LogP contribution in [-0.2, 0) is 9.59 Å². The van der Waals surface area contributed by atoms with Crippen LogP contribution in [0.5, 0.6) is 0 Å². The number of hydrogen-bond donors (Lipinski definition) is 1. The Morgan fingerprint density at radius 2 is 2.07 bits per heavy atom. The van der Waals surface area contributed by atoms with Gasteiger partial charge in [-0.1, -0.05) is 36.0 Å². The third kappa shape index (κ3) is 4.05. The number of thioether (sulfide) groups is 2. The van der Waals surface area contributed by atoms with Crippen molar-refractivity contribution in [2.75, 3.05) is 11.5 Å². The van der Waals surface area contributed by atoms with Crippen molar-refractivity contribution in [3.05, 3.63) is 64.2 Å². The van der Waals surface area contributed by atoms with Crippen molar-refractivity contribution >= 4 is 52.1 Å². The van der Waals surface area contributed by atoms with Gasteiger partial charge in [-0.05, 0) is 18.2 Å². The van der Waals surface area contributed by atoms with E-state index < -0.39 is 16.2 Å². The van der Waals surface area contributed by atoms with Crippen molar-refractivity contribution in [2.45, 2.75) is 10.6 Å². The second-order valence-corrected chi connectivity index (χ2v) is 8.01. The predicted octanol–water partition coefficient (Wildman–Crippen LogP) is 3.13. The summed E-state index contributed by atoms with van der Waals surface area (Å²) in [5.74, 6) is -0.657. The van der Waals surface area contributed by atoms with Gasteiger partial charge in [0.2, 0.25) is 5.91 Å². The Kier molecular flexibility index (Phi) is 5.41. The number of carbonyl (C=O) groups excluding carboxylic acids is 2. The van der Waals surface area contributed by atoms with Crippen molar-refractivity contribution < 1.29 is 18.9 Å². The predicted molar refractivity (Wildman–Crippen MR) is 108 cm³/mol. The van der Waals surface area contributed by atoms with Crippen LogP contribution in [0.15, 0.2) is 58.2 Å². The normalized spacial score (nSPS) is 16.3. The van der Waals surface area contributed by atoms with Gasteiger partial charge in [-0.15, -0.1) is 11.8 Å². The van der Waals surface area contributed by atoms with Gasteiger partial charge >= 0.3 is 0 Å². The molecule has 1 N–H and O–H groups in total. The summed E-state index contributed by atoms with van der Waals surface area (Å²) in [5.41, 5.74) is 4.14. The first-order valence-electron chi connectivity index (χ1n) is 8.48. The Labute approximate surface area is 173 Å². The summed E-state index contributed by atoms with van der Waals surface area (Å²) in [4.78, 5) is 39.7. The molecule has 1 fully saturated rings. The van der Waals surface area contributed by atoms with Gasteiger partial charge in [-0.2, -0.15) is 0 Å². The number of nitro groups is 1. The summed E-state index contributed by atoms with van der Waals surface area (Å²) in [5, 5.41) is 12.1. The summed E-state index contributed by atoms with van der Waals surface area (Å²) >= 11 is 2.32. The standard InChI is InChI=1S/C18H14N4O5S2/c23-15(9-29-18-19-12-6-2-4-8-14(12)27-18)20-21-16(24)10-28-17(21)11-5-1-3-7-13(11)22(25)26/h1-8,17H,9-10H2,(H,20,23). The van der Waals surface area contributed by atoms with Crippen molar-refractivity contribution in [1.29, 1.82) is 0 Å². The highest BCUT2D eigenvalue weighted by Crippen LogP contribution is 2.41. The molecule has 0 radical (unpaired) electrons. The Balaban J connectivity index is 1.45. The number of nitrogens with one attached hydrogen (secondary N) is 1. The van der Waals surface area contributed by atoms with E-state index in [1.807, 2.05) is 12.1 Å². The molecule has 1 aliphatic rings. The molecule has 1 aromatic heterocycles. The Bertz CT molecular complexity index is 1070. The average molecular weight is 430 g/mol. The van der Waals surface area contributed by atoms with E-state index in [2.05, 4.69) is 10.4 Å². The second-order valence-electron chi connectivity index (χ2n) is 6.01. The van der Waals surface area contributed by atoms with Gasteiger partial charge in [0.15, 0.2) is 5.58 Å². The van der Waals surface area contributed by atoms with E-state index in [4.69, 9.17) is 4.42 Å². The Morgan fingerprint density at radius 3 is 2.86 bits per heavy atom. The molecule has 0 bridgehead atoms. The van der Waals surface area contributed by atoms with E-state index in [-0.39, 0.29) is 23.1 Å². The minimum Gasteiger partial charge on any atom is -0.431 e. The number of benzene rings is 2. The van der Waals surface area contributed by atoms with Gasteiger partial charge in [-0.3, -0.25) is 25.1 Å². The molecule has 11 heteroatoms. The van der Waals surface area contributed by atoms with Crippen LogP contribution in [0.3, 0.4) is 0 Å². The number of para-hydroxylation sites is 3. The fourth-order valence-corrected chi connectivity index (χ4v) is 4.61. The molecular formula is C18H14N4O5S2. The fourth-order valence-electron chi connectivity index (χ4n) is 2.84. The molecule has 1 unspecified atom stereocenters. The van der Waals surface area contributed by atoms with E-state index in [0.717, 1.165) is 16.8 Å². The maximum atomic E-state index is 12.4. The van der Waals surface area contributed by atoms with Gasteiger partial charge in [0, 0.05) is 6.07 Å². The molecule has 4 rings (SSSR count). The number of amides is 2. The number of fused-ring (bicyclic) bond motifs is 1. The van der Waals surface area contributed by atoms with Gasteiger partial charge < -0.3 is 4.42 Å². The maximum absolute atomic E-state index is 12.4. The third-order valence-electron chi connectivity index (χ3n) is 4.11. The highest BCUT2D eigenvalue weighted by molar-refractivity contribution is 8.00. The lowest BCUT2D eigenvalue weighted by molar-refractivity contribution is -0.385. The lowest BCUT2D eigenvalue weighted by Gasteiger charge is -2.24. The number of carbonyl (C=O) groups is 2. The van der Waals surface area contributed by atoms with E-state index in [1.54, 1.807) is 30.3 Å². The number of hydrogen-bond acceptors (Lipinski definition) is 8. The quantitative estimate of drug-likeness (QED) is 0.360. The zero-order valence-corrected chi connectivity index (χ0v) is 16.4. The number of aromatic nitrogens is 1. The van der Waals surface area contributed by atoms with Crippen LogP contribution in [0.4, 0.5) is 5.69 Å². The summed E-state index contributed by atoms with van der Waals surface area (Å²) in [6, 6.07) is 13.4. The summed E-state index contributed by atoms with van der Waals surface area (Å²) in [6.45, 7) is 0. The molecule has 1 atom stereocenters. The van der Waals surface area contributed by atoms with Crippen molar-refractivity contribution in [3.63, 3.8) is 0 Å². The van der Waals surface area contributed by atoms with Crippen LogP contribution in [0.1, 0.15) is 10.9 Å². The average Bonchev–Trinajstić information content (AvgIpc) is 3.30. The molecule has 1 saturated heterocycles. The van der Waals surface area contributed by atoms with Gasteiger partial charge in [0.25, 0.3) is 16.8 Å². The second kappa shape index (κ2) is 8.13. The Morgan fingerprint density at radius 1 is 1.31 bits per heavy atom. The van der Waals surface area contributed by atoms with Crippen LogP contribution in [0, 0.1) is 10.1 Å². The molecule has 29 heavy (non-hydrogen) atoms. The highest BCUT2D eigenvalue weighted by Gasteiger charge is 2.37. The SMILES string of the molecule is O=C(CSc1nc2ccccc2o1)NN1C(=O)CSC1c1ccccc1[N+](=O)[O-]. The third-order valence-corrected chi connectivity index (χ3v) is 6.14. The number of nitrogens with zero attached hydrogens (tertiary/aromatic N) is 3. The summed E-state index contributed by atoms with van der Waals surface area (Å²) < 4.78 is 5.55. The molecular weight excluding hydrogens is 416 g/mol. The van der Waals surface area contributed by atoms with Crippen LogP contribution in [-0.4, -0.2) is 38.2 Å². The Hall–Kier alpha value is -3.05. The molecule has 9 nitrogen and oxygen atoms in total. The first-order chi connectivity index (χ1) is 14.0. The summed E-state index contributed by atoms with van der Waals surface area (Å²) in [6.07, 6.45) is 0. The molecule has 0 aliphatic carbocycles. The van der Waals surface area contributed by atoms with E-state index in [9.17, 15) is 19.7 Å². The molecule has 2 aromatic carbocycles. The molecule has 2 heterocycles. The molecule has 2 amide bonds. The maximum Gasteiger partial charge on any atom is 0.275 e. The van der Waals surface area contributed by atoms with Gasteiger partial charge in [0.05, 0.1) is 22.0 Å². The van der Waals surface area contributed by atoms with Crippen molar-refractivity contribution in [3.8, 4) is 0 Å². The molecule has 0 saturated carbocycles. The largest absolute Gasteiger partial charge is 0.431 e. The van der Waals surface area contributed by atoms with Crippen LogP contribution in [0.2, 0.25) is 0 Å². The first kappa shape index (κ1) is 19.3. The molecule has 3 aromatic rings. The molecule has 148 valence electrons. The van der Waals surface area contributed by atoms with Crippen LogP contribution in [0.25, 0.3) is 11.1 Å². The van der Waals surface area contributed by atoms with Crippen molar-refractivity contribution in [2.24, 2.45) is 0 Å². The zero-order chi connectivity index (χ0) is 20.4. The van der Waals surface area contributed by atoms with Crippen LogP contribution < -0.4 is 5.43 Å². The fraction of sp³-hybridized carbons (Fsp3) is 0.167. The number of oxazole rings is 1. The number of nitro benzene ring substituents is 1. The monoisotopic (exact) mass is 430 g/mol. The number of hydrazine groups is 1. The van der Waals surface area contributed by atoms with Gasteiger partial charge in [0.1, 0.15) is 10.9 Å². The van der Waals surface area contributed by atoms with Gasteiger partial charge in [-0.25, -0.2) is 9.99 Å². The smallest absolute Gasteiger partial charge is 0.275 e. The lowest BCUT2D eigenvalue weighted by atomic mass is 10.1. The zero-order valence-electron chi connectivity index (χ0n) is 14.8. The van der Waals surface area contributed by atoms with Crippen LogP contribution >= 0.6 is 23.5 Å².